The lowest BCUT2D eigenvalue weighted by molar-refractivity contribution is -0.0974. The summed E-state index contributed by atoms with van der Waals surface area (Å²) in [5, 5.41) is 2.76. The number of methoxy groups -OCH3 is 2. The highest BCUT2D eigenvalue weighted by Gasteiger charge is 2.12. The first kappa shape index (κ1) is 13.2. The minimum absolute atomic E-state index is 0.0831. The number of ether oxygens (including phenoxy) is 2. The van der Waals surface area contributed by atoms with E-state index in [1.165, 1.54) is 16.2 Å². The lowest BCUT2D eigenvalue weighted by Crippen LogP contribution is -2.33. The molecule has 0 aliphatic carbocycles. The van der Waals surface area contributed by atoms with Gasteiger partial charge in [-0.15, -0.1) is 11.3 Å². The van der Waals surface area contributed by atoms with Gasteiger partial charge in [-0.1, -0.05) is 0 Å². The lowest BCUT2D eigenvalue weighted by atomic mass is 10.3. The van der Waals surface area contributed by atoms with Crippen molar-refractivity contribution in [3.63, 3.8) is 0 Å². The van der Waals surface area contributed by atoms with Gasteiger partial charge in [-0.25, -0.2) is 0 Å². The van der Waals surface area contributed by atoms with Crippen molar-refractivity contribution in [1.29, 1.82) is 0 Å². The van der Waals surface area contributed by atoms with E-state index in [1.54, 1.807) is 14.2 Å². The van der Waals surface area contributed by atoms with Crippen LogP contribution in [0, 0.1) is 13.8 Å². The van der Waals surface area contributed by atoms with Gasteiger partial charge in [0.25, 0.3) is 5.91 Å². The molecule has 0 saturated carbocycles. The Labute approximate surface area is 99.6 Å². The molecule has 1 aromatic rings. The van der Waals surface area contributed by atoms with E-state index in [0.29, 0.717) is 6.54 Å². The van der Waals surface area contributed by atoms with Crippen LogP contribution in [0.3, 0.4) is 0 Å². The largest absolute Gasteiger partial charge is 0.354 e. The van der Waals surface area contributed by atoms with E-state index in [2.05, 4.69) is 5.32 Å². The molecule has 0 aromatic carbocycles. The molecule has 0 atom stereocenters. The van der Waals surface area contributed by atoms with Gasteiger partial charge < -0.3 is 14.8 Å². The van der Waals surface area contributed by atoms with Crippen molar-refractivity contribution in [2.75, 3.05) is 20.8 Å². The summed E-state index contributed by atoms with van der Waals surface area (Å²) in [6.07, 6.45) is -0.397. The number of carbonyl (C=O) groups is 1. The maximum atomic E-state index is 11.7. The summed E-state index contributed by atoms with van der Waals surface area (Å²) in [4.78, 5) is 13.6. The third-order valence-corrected chi connectivity index (χ3v) is 3.50. The maximum absolute atomic E-state index is 11.7. The smallest absolute Gasteiger partial charge is 0.261 e. The van der Waals surface area contributed by atoms with Crippen LogP contribution in [0.1, 0.15) is 20.1 Å². The topological polar surface area (TPSA) is 47.6 Å². The number of aryl methyl sites for hydroxylation is 2. The Balaban J connectivity index is 2.52. The summed E-state index contributed by atoms with van der Waals surface area (Å²) in [5.74, 6) is -0.0831. The molecular formula is C11H17NO3S. The highest BCUT2D eigenvalue weighted by molar-refractivity contribution is 7.14. The van der Waals surface area contributed by atoms with E-state index in [1.807, 2.05) is 19.9 Å². The molecule has 0 radical (unpaired) electrons. The van der Waals surface area contributed by atoms with E-state index >= 15 is 0 Å². The minimum atomic E-state index is -0.397. The maximum Gasteiger partial charge on any atom is 0.261 e. The molecule has 1 rings (SSSR count). The zero-order valence-electron chi connectivity index (χ0n) is 9.99. The molecule has 1 amide bonds. The normalized spacial score (nSPS) is 10.8. The fraction of sp³-hybridized carbons (Fsp3) is 0.545. The van der Waals surface area contributed by atoms with Crippen LogP contribution >= 0.6 is 11.3 Å². The van der Waals surface area contributed by atoms with Gasteiger partial charge in [0.1, 0.15) is 0 Å². The monoisotopic (exact) mass is 243 g/mol. The van der Waals surface area contributed by atoms with Crippen LogP contribution in [0.15, 0.2) is 6.07 Å². The molecule has 0 spiro atoms. The van der Waals surface area contributed by atoms with Crippen LogP contribution in [0.2, 0.25) is 0 Å². The lowest BCUT2D eigenvalue weighted by Gasteiger charge is -2.13. The van der Waals surface area contributed by atoms with Crippen LogP contribution in [-0.4, -0.2) is 33.0 Å². The van der Waals surface area contributed by atoms with Crippen molar-refractivity contribution in [3.8, 4) is 0 Å². The summed E-state index contributed by atoms with van der Waals surface area (Å²) in [5.41, 5.74) is 1.14. The van der Waals surface area contributed by atoms with Crippen molar-refractivity contribution in [2.45, 2.75) is 20.1 Å². The number of amides is 1. The fourth-order valence-corrected chi connectivity index (χ4v) is 2.16. The Bertz CT molecular complexity index is 339. The average molecular weight is 243 g/mol. The Kier molecular flexibility index (Phi) is 4.92. The van der Waals surface area contributed by atoms with Gasteiger partial charge >= 0.3 is 0 Å². The van der Waals surface area contributed by atoms with E-state index in [4.69, 9.17) is 9.47 Å². The molecule has 5 heteroatoms. The van der Waals surface area contributed by atoms with Crippen LogP contribution in [0.4, 0.5) is 0 Å². The van der Waals surface area contributed by atoms with Gasteiger partial charge in [-0.3, -0.25) is 4.79 Å². The molecule has 16 heavy (non-hydrogen) atoms. The highest BCUT2D eigenvalue weighted by atomic mass is 32.1. The molecular weight excluding hydrogens is 226 g/mol. The zero-order valence-corrected chi connectivity index (χ0v) is 10.8. The number of thiophene rings is 1. The van der Waals surface area contributed by atoms with Gasteiger partial charge in [0, 0.05) is 19.1 Å². The summed E-state index contributed by atoms with van der Waals surface area (Å²) in [7, 11) is 3.08. The predicted molar refractivity (Wildman–Crippen MR) is 63.9 cm³/mol. The summed E-state index contributed by atoms with van der Waals surface area (Å²) in [6, 6.07) is 1.89. The van der Waals surface area contributed by atoms with Crippen molar-refractivity contribution in [3.05, 3.63) is 21.4 Å². The Morgan fingerprint density at radius 2 is 2.06 bits per heavy atom. The molecule has 4 nitrogen and oxygen atoms in total. The Hall–Kier alpha value is -0.910. The van der Waals surface area contributed by atoms with Crippen molar-refractivity contribution in [2.24, 2.45) is 0 Å². The van der Waals surface area contributed by atoms with Gasteiger partial charge in [-0.05, 0) is 25.5 Å². The van der Waals surface area contributed by atoms with Crippen LogP contribution in [0.25, 0.3) is 0 Å². The molecule has 0 aliphatic rings. The number of carbonyl (C=O) groups excluding carboxylic acids is 1. The van der Waals surface area contributed by atoms with Crippen molar-refractivity contribution >= 4 is 17.2 Å². The second-order valence-corrected chi connectivity index (χ2v) is 4.72. The molecule has 0 aliphatic heterocycles. The first-order valence-corrected chi connectivity index (χ1v) is 5.81. The Morgan fingerprint density at radius 1 is 1.44 bits per heavy atom. The van der Waals surface area contributed by atoms with Gasteiger partial charge in [0.2, 0.25) is 0 Å². The molecule has 1 N–H and O–H groups in total. The summed E-state index contributed by atoms with van der Waals surface area (Å²) >= 11 is 1.50. The second-order valence-electron chi connectivity index (χ2n) is 3.46. The van der Waals surface area contributed by atoms with Crippen molar-refractivity contribution in [1.82, 2.24) is 5.32 Å². The highest BCUT2D eigenvalue weighted by Crippen LogP contribution is 2.20. The SMILES string of the molecule is COC(CNC(=O)c1cc(C)c(C)s1)OC. The van der Waals surface area contributed by atoms with Gasteiger partial charge in [0.05, 0.1) is 11.4 Å². The number of nitrogens with one attached hydrogen (secondary N) is 1. The number of rotatable bonds is 5. The molecule has 1 heterocycles. The minimum Gasteiger partial charge on any atom is -0.354 e. The molecule has 0 saturated heterocycles. The number of hydrogen-bond donors (Lipinski definition) is 1. The first-order chi connectivity index (χ1) is 7.58. The van der Waals surface area contributed by atoms with Crippen molar-refractivity contribution < 1.29 is 14.3 Å². The third kappa shape index (κ3) is 3.30. The second kappa shape index (κ2) is 5.98. The van der Waals surface area contributed by atoms with Gasteiger partial charge in [-0.2, -0.15) is 0 Å². The molecule has 1 aromatic heterocycles. The Morgan fingerprint density at radius 3 is 2.50 bits per heavy atom. The summed E-state index contributed by atoms with van der Waals surface area (Å²) < 4.78 is 9.96. The van der Waals surface area contributed by atoms with Crippen LogP contribution < -0.4 is 5.32 Å². The van der Waals surface area contributed by atoms with Crippen LogP contribution in [-0.2, 0) is 9.47 Å². The molecule has 0 fully saturated rings. The third-order valence-electron chi connectivity index (χ3n) is 2.34. The average Bonchev–Trinajstić information content (AvgIpc) is 2.60. The first-order valence-electron chi connectivity index (χ1n) is 4.99. The quantitative estimate of drug-likeness (QED) is 0.801. The predicted octanol–water partition coefficient (Wildman–Crippen LogP) is 1.71. The number of hydrogen-bond acceptors (Lipinski definition) is 4. The molecule has 90 valence electrons. The summed E-state index contributed by atoms with van der Waals surface area (Å²) in [6.45, 7) is 4.35. The van der Waals surface area contributed by atoms with E-state index in [-0.39, 0.29) is 5.91 Å². The zero-order chi connectivity index (χ0) is 12.1. The van der Waals surface area contributed by atoms with E-state index in [0.717, 1.165) is 10.4 Å². The van der Waals surface area contributed by atoms with Gasteiger partial charge in [0.15, 0.2) is 6.29 Å². The fourth-order valence-electron chi connectivity index (χ4n) is 1.21. The molecule has 0 bridgehead atoms. The standard InChI is InChI=1S/C11H17NO3S/c1-7-5-9(16-8(7)2)11(13)12-6-10(14-3)15-4/h5,10H,6H2,1-4H3,(H,12,13). The van der Waals surface area contributed by atoms with E-state index < -0.39 is 6.29 Å². The molecule has 0 unspecified atom stereocenters. The van der Waals surface area contributed by atoms with E-state index in [9.17, 15) is 4.79 Å². The van der Waals surface area contributed by atoms with Crippen LogP contribution in [0.5, 0.6) is 0 Å².